The Morgan fingerprint density at radius 3 is 2.19 bits per heavy atom. The number of allylic oxidation sites excluding steroid dienone is 4. The van der Waals surface area contributed by atoms with Gasteiger partial charge in [0.2, 0.25) is 10.0 Å². The fourth-order valence-electron chi connectivity index (χ4n) is 12.4. The number of nitrogens with zero attached hydrogens (tertiary/aromatic N) is 1. The number of Topliss-reactive ketones (excluding diaryl/α,β-unsaturated/α-hetero) is 1. The molecule has 2 N–H and O–H groups in total. The van der Waals surface area contributed by atoms with E-state index in [0.717, 1.165) is 58.7 Å². The van der Waals surface area contributed by atoms with Crippen molar-refractivity contribution in [2.24, 2.45) is 33.5 Å². The van der Waals surface area contributed by atoms with Crippen LogP contribution in [-0.2, 0) is 16.6 Å². The molecule has 8 atom stereocenters. The third-order valence-corrected chi connectivity index (χ3v) is 16.5. The van der Waals surface area contributed by atoms with Gasteiger partial charge in [-0.2, -0.15) is 4.31 Å². The molecule has 0 aliphatic heterocycles. The Morgan fingerprint density at radius 1 is 0.778 bits per heavy atom. The van der Waals surface area contributed by atoms with Gasteiger partial charge in [-0.3, -0.25) is 4.79 Å². The minimum atomic E-state index is -3.70. The highest BCUT2D eigenvalue weighted by Gasteiger charge is 2.74. The average molecular weight is 742 g/mol. The third-order valence-electron chi connectivity index (χ3n) is 15.3. The predicted octanol–water partition coefficient (Wildman–Crippen LogP) is 8.74. The van der Waals surface area contributed by atoms with Crippen molar-refractivity contribution in [1.82, 2.24) is 4.31 Å². The summed E-state index contributed by atoms with van der Waals surface area (Å²) in [6.45, 7) is 4.71. The van der Waals surface area contributed by atoms with Gasteiger partial charge in [0.25, 0.3) is 0 Å². The molecule has 8 unspecified atom stereocenters. The van der Waals surface area contributed by atoms with E-state index < -0.39 is 38.0 Å². The highest BCUT2D eigenvalue weighted by atomic mass is 32.2. The Hall–Kier alpha value is -3.88. The molecule has 54 heavy (non-hydrogen) atoms. The highest BCUT2D eigenvalue weighted by Crippen LogP contribution is 2.78. The first kappa shape index (κ1) is 35.8. The summed E-state index contributed by atoms with van der Waals surface area (Å²) in [6, 6.07) is 32.1. The van der Waals surface area contributed by atoms with Crippen molar-refractivity contribution in [3.05, 3.63) is 132 Å². The molecule has 0 radical (unpaired) electrons. The fraction of sp³-hybridized carbons (Fsp3) is 0.426. The molecule has 6 aliphatic rings. The van der Waals surface area contributed by atoms with Gasteiger partial charge in [-0.1, -0.05) is 129 Å². The van der Waals surface area contributed by atoms with Crippen LogP contribution in [0.4, 0.5) is 0 Å². The van der Waals surface area contributed by atoms with Gasteiger partial charge in [0, 0.05) is 40.5 Å². The van der Waals surface area contributed by atoms with Gasteiger partial charge in [0.1, 0.15) is 0 Å². The van der Waals surface area contributed by atoms with E-state index in [9.17, 15) is 18.6 Å². The summed E-state index contributed by atoms with van der Waals surface area (Å²) in [5.74, 6) is 0.0840. The molecule has 0 heterocycles. The van der Waals surface area contributed by atoms with Crippen LogP contribution in [0, 0.1) is 33.5 Å². The number of rotatable bonds is 8. The maximum Gasteiger partial charge on any atom is 0.211 e. The molecule has 7 heteroatoms. The summed E-state index contributed by atoms with van der Waals surface area (Å²) >= 11 is 0. The van der Waals surface area contributed by atoms with Crippen molar-refractivity contribution in [1.29, 1.82) is 0 Å². The lowest BCUT2D eigenvalue weighted by Crippen LogP contribution is -2.67. The molecule has 0 amide bonds. The van der Waals surface area contributed by atoms with Crippen LogP contribution < -0.4 is 0 Å². The number of hydrogen-bond acceptors (Lipinski definition) is 5. The number of hydrogen-bond donors (Lipinski definition) is 2. The molecule has 2 spiro atoms. The van der Waals surface area contributed by atoms with Crippen LogP contribution in [-0.4, -0.2) is 53.2 Å². The second-order valence-corrected chi connectivity index (χ2v) is 19.7. The lowest BCUT2D eigenvalue weighted by atomic mass is 9.32. The Balaban J connectivity index is 1.11. The van der Waals surface area contributed by atoms with Crippen molar-refractivity contribution >= 4 is 26.6 Å². The molecule has 6 nitrogen and oxygen atoms in total. The first-order valence-electron chi connectivity index (χ1n) is 19.7. The van der Waals surface area contributed by atoms with Crippen LogP contribution in [0.2, 0.25) is 0 Å². The number of carbonyl (C=O) groups is 1. The van der Waals surface area contributed by atoms with E-state index in [-0.39, 0.29) is 36.1 Å². The summed E-state index contributed by atoms with van der Waals surface area (Å²) in [7, 11) is -3.70. The van der Waals surface area contributed by atoms with Gasteiger partial charge in [-0.05, 0) is 89.7 Å². The Bertz CT molecular complexity index is 2310. The molecule has 0 saturated heterocycles. The van der Waals surface area contributed by atoms with E-state index in [0.29, 0.717) is 24.8 Å². The zero-order valence-electron chi connectivity index (χ0n) is 31.5. The molecule has 10 rings (SSSR count). The van der Waals surface area contributed by atoms with Gasteiger partial charge in [0.05, 0.1) is 18.0 Å². The van der Waals surface area contributed by atoms with E-state index in [1.54, 1.807) is 0 Å². The molecular weight excluding hydrogens is 691 g/mol. The zero-order chi connectivity index (χ0) is 37.7. The van der Waals surface area contributed by atoms with E-state index >= 15 is 4.79 Å². The molecule has 0 aromatic heterocycles. The lowest BCUT2D eigenvalue weighted by molar-refractivity contribution is -0.173. The number of sulfonamides is 1. The fourth-order valence-corrected chi connectivity index (χ4v) is 13.2. The number of fused-ring (bicyclic) bond motifs is 2. The maximum absolute atomic E-state index is 15.1. The number of aliphatic hydroxyl groups is 2. The Kier molecular flexibility index (Phi) is 8.16. The standard InChI is InChI=1S/C47H51NO5S/c1-43-23-20-37(49)28-45(43)26-27-47(39(29-45)42(50)35-18-16-33(17-19-35)32-10-5-4-6-11-32)40(43)21-24-44(2)41(47)22-25-46(44,51)31-48(54(3,52)53)30-36-14-9-13-34-12-7-8-15-38(34)36/h4-19,26-27,29,37,40-41,49,51H,20-25,28,30-31H2,1-3H3. The summed E-state index contributed by atoms with van der Waals surface area (Å²) in [6.07, 6.45) is 12.6. The van der Waals surface area contributed by atoms with Crippen LogP contribution >= 0.6 is 0 Å². The second-order valence-electron chi connectivity index (χ2n) is 17.8. The molecule has 3 saturated carbocycles. The third kappa shape index (κ3) is 5.07. The number of ketones is 1. The smallest absolute Gasteiger partial charge is 0.211 e. The van der Waals surface area contributed by atoms with Crippen LogP contribution in [0.5, 0.6) is 0 Å². The summed E-state index contributed by atoms with van der Waals surface area (Å²) in [5.41, 5.74) is 1.31. The topological polar surface area (TPSA) is 94.9 Å². The second kappa shape index (κ2) is 12.3. The van der Waals surface area contributed by atoms with Gasteiger partial charge >= 0.3 is 0 Å². The Morgan fingerprint density at radius 2 is 1.43 bits per heavy atom. The largest absolute Gasteiger partial charge is 0.393 e. The van der Waals surface area contributed by atoms with Gasteiger partial charge in [-0.25, -0.2) is 8.42 Å². The average Bonchev–Trinajstić information content (AvgIpc) is 3.44. The van der Waals surface area contributed by atoms with Gasteiger partial charge < -0.3 is 10.2 Å². The van der Waals surface area contributed by atoms with E-state index in [2.05, 4.69) is 44.2 Å². The molecule has 4 aromatic rings. The van der Waals surface area contributed by atoms with Crippen molar-refractivity contribution in [2.75, 3.05) is 12.8 Å². The number of benzene rings is 4. The quantitative estimate of drug-likeness (QED) is 0.139. The van der Waals surface area contributed by atoms with Crippen molar-refractivity contribution in [2.45, 2.75) is 77.0 Å². The normalized spacial score (nSPS) is 35.4. The molecule has 280 valence electrons. The van der Waals surface area contributed by atoms with Crippen LogP contribution in [0.15, 0.2) is 121 Å². The van der Waals surface area contributed by atoms with Gasteiger partial charge in [-0.15, -0.1) is 0 Å². The monoisotopic (exact) mass is 741 g/mol. The predicted molar refractivity (Wildman–Crippen MR) is 214 cm³/mol. The highest BCUT2D eigenvalue weighted by molar-refractivity contribution is 7.88. The molecule has 3 fully saturated rings. The molecule has 4 aromatic carbocycles. The van der Waals surface area contributed by atoms with Crippen LogP contribution in [0.25, 0.3) is 21.9 Å². The van der Waals surface area contributed by atoms with E-state index in [1.807, 2.05) is 84.9 Å². The first-order valence-corrected chi connectivity index (χ1v) is 21.5. The maximum atomic E-state index is 15.1. The van der Waals surface area contributed by atoms with Crippen molar-refractivity contribution in [3.63, 3.8) is 0 Å². The van der Waals surface area contributed by atoms with Crippen molar-refractivity contribution < 1.29 is 23.4 Å². The summed E-state index contributed by atoms with van der Waals surface area (Å²) in [5, 5.41) is 26.2. The molecular formula is C47H51NO5S. The molecule has 6 aliphatic carbocycles. The number of carbonyl (C=O) groups excluding carboxylic acids is 1. The first-order chi connectivity index (χ1) is 25.7. The van der Waals surface area contributed by atoms with E-state index in [4.69, 9.17) is 0 Å². The van der Waals surface area contributed by atoms with Crippen molar-refractivity contribution in [3.8, 4) is 11.1 Å². The minimum absolute atomic E-state index is 0.00610. The van der Waals surface area contributed by atoms with Crippen LogP contribution in [0.3, 0.4) is 0 Å². The number of aliphatic hydroxyl groups excluding tert-OH is 1. The zero-order valence-corrected chi connectivity index (χ0v) is 32.4. The summed E-state index contributed by atoms with van der Waals surface area (Å²) < 4.78 is 28.7. The lowest BCUT2D eigenvalue weighted by Gasteiger charge is -2.71. The summed E-state index contributed by atoms with van der Waals surface area (Å²) in [4.78, 5) is 15.1. The van der Waals surface area contributed by atoms with Gasteiger partial charge in [0.15, 0.2) is 5.78 Å². The van der Waals surface area contributed by atoms with E-state index in [1.165, 1.54) is 10.6 Å². The molecule has 2 bridgehead atoms. The Labute approximate surface area is 319 Å². The van der Waals surface area contributed by atoms with Crippen LogP contribution in [0.1, 0.15) is 74.7 Å². The SMILES string of the molecule is CC12CCC(O)CC13C=CC1(C(C(=O)c4ccc(-c5ccccc5)cc4)=C3)C2CCC2(C)C1CCC2(O)CN(Cc1cccc2ccccc12)S(C)(=O)=O. The minimum Gasteiger partial charge on any atom is -0.393 e.